The second kappa shape index (κ2) is 8.23. The molecular weight excluding hydrogens is 391 g/mol. The lowest BCUT2D eigenvalue weighted by molar-refractivity contribution is 0.628. The fraction of sp³-hybridized carbons (Fsp3) is 0.105. The van der Waals surface area contributed by atoms with E-state index in [0.29, 0.717) is 28.4 Å². The summed E-state index contributed by atoms with van der Waals surface area (Å²) in [5.41, 5.74) is 8.59. The predicted molar refractivity (Wildman–Crippen MR) is 110 cm³/mol. The quantitative estimate of drug-likeness (QED) is 0.467. The van der Waals surface area contributed by atoms with Crippen molar-refractivity contribution >= 4 is 29.3 Å². The number of nitrogens with one attached hydrogen (secondary N) is 1. The highest BCUT2D eigenvalue weighted by Crippen LogP contribution is 2.24. The first-order valence-corrected chi connectivity index (χ1v) is 9.69. The number of aromatic nitrogens is 6. The molecule has 10 heteroatoms. The van der Waals surface area contributed by atoms with Crippen molar-refractivity contribution in [3.63, 3.8) is 0 Å². The fourth-order valence-electron chi connectivity index (χ4n) is 2.67. The normalized spacial score (nSPS) is 10.8. The summed E-state index contributed by atoms with van der Waals surface area (Å²) in [6, 6.07) is 13.9. The number of aryl methyl sites for hydroxylation is 1. The molecule has 0 atom stereocenters. The van der Waals surface area contributed by atoms with Crippen LogP contribution in [0.15, 0.2) is 60.0 Å². The highest BCUT2D eigenvalue weighted by molar-refractivity contribution is 7.98. The van der Waals surface area contributed by atoms with E-state index in [9.17, 15) is 4.39 Å². The number of nitrogens with zero attached hydrogens (tertiary/aromatic N) is 6. The van der Waals surface area contributed by atoms with E-state index in [1.807, 2.05) is 35.8 Å². The van der Waals surface area contributed by atoms with Crippen LogP contribution in [-0.2, 0) is 5.75 Å². The average molecular weight is 408 g/mol. The highest BCUT2D eigenvalue weighted by Gasteiger charge is 2.12. The zero-order valence-corrected chi connectivity index (χ0v) is 16.3. The SMILES string of the molecule is Cc1ccccc1-n1cnnc1SCc1nc(N)nc(Nc2ccc(F)cc2)n1. The minimum absolute atomic E-state index is 0.0978. The van der Waals surface area contributed by atoms with Gasteiger partial charge >= 0.3 is 0 Å². The Morgan fingerprint density at radius 3 is 2.66 bits per heavy atom. The number of halogens is 1. The van der Waals surface area contributed by atoms with Gasteiger partial charge in [0, 0.05) is 5.69 Å². The van der Waals surface area contributed by atoms with Gasteiger partial charge in [-0.25, -0.2) is 4.39 Å². The summed E-state index contributed by atoms with van der Waals surface area (Å²) in [4.78, 5) is 12.7. The molecule has 0 saturated heterocycles. The van der Waals surface area contributed by atoms with Crippen molar-refractivity contribution in [1.82, 2.24) is 29.7 Å². The van der Waals surface area contributed by atoms with E-state index in [1.54, 1.807) is 18.5 Å². The van der Waals surface area contributed by atoms with Gasteiger partial charge < -0.3 is 11.1 Å². The maximum absolute atomic E-state index is 13.1. The van der Waals surface area contributed by atoms with Gasteiger partial charge in [0.15, 0.2) is 5.16 Å². The first-order valence-electron chi connectivity index (χ1n) is 8.70. The van der Waals surface area contributed by atoms with Crippen LogP contribution in [0.25, 0.3) is 5.69 Å². The van der Waals surface area contributed by atoms with Crippen molar-refractivity contribution in [1.29, 1.82) is 0 Å². The highest BCUT2D eigenvalue weighted by atomic mass is 32.2. The number of thioether (sulfide) groups is 1. The van der Waals surface area contributed by atoms with Crippen molar-refractivity contribution in [2.24, 2.45) is 0 Å². The maximum Gasteiger partial charge on any atom is 0.232 e. The molecule has 2 aromatic carbocycles. The molecule has 0 fully saturated rings. The molecule has 29 heavy (non-hydrogen) atoms. The molecule has 2 aromatic heterocycles. The zero-order valence-electron chi connectivity index (χ0n) is 15.5. The number of nitrogen functional groups attached to an aromatic ring is 1. The van der Waals surface area contributed by atoms with Crippen molar-refractivity contribution in [3.8, 4) is 5.69 Å². The summed E-state index contributed by atoms with van der Waals surface area (Å²) in [5.74, 6) is 0.989. The second-order valence-electron chi connectivity index (χ2n) is 6.12. The molecule has 0 aliphatic carbocycles. The molecule has 0 saturated carbocycles. The van der Waals surface area contributed by atoms with Gasteiger partial charge in [0.2, 0.25) is 11.9 Å². The van der Waals surface area contributed by atoms with E-state index in [1.165, 1.54) is 23.9 Å². The fourth-order valence-corrected chi connectivity index (χ4v) is 3.45. The van der Waals surface area contributed by atoms with Crippen molar-refractivity contribution in [2.75, 3.05) is 11.1 Å². The van der Waals surface area contributed by atoms with Gasteiger partial charge in [-0.15, -0.1) is 10.2 Å². The van der Waals surface area contributed by atoms with Gasteiger partial charge in [0.05, 0.1) is 11.4 Å². The molecule has 0 aliphatic heterocycles. The van der Waals surface area contributed by atoms with E-state index in [4.69, 9.17) is 5.73 Å². The second-order valence-corrected chi connectivity index (χ2v) is 7.07. The lowest BCUT2D eigenvalue weighted by atomic mass is 10.2. The van der Waals surface area contributed by atoms with Crippen LogP contribution < -0.4 is 11.1 Å². The molecule has 0 radical (unpaired) electrons. The van der Waals surface area contributed by atoms with Crippen LogP contribution in [0.3, 0.4) is 0 Å². The topological polar surface area (TPSA) is 107 Å². The smallest absolute Gasteiger partial charge is 0.232 e. The molecule has 3 N–H and O–H groups in total. The summed E-state index contributed by atoms with van der Waals surface area (Å²) in [5, 5.41) is 11.9. The molecule has 4 rings (SSSR count). The first-order chi connectivity index (χ1) is 14.1. The van der Waals surface area contributed by atoms with Crippen LogP contribution in [0.1, 0.15) is 11.4 Å². The van der Waals surface area contributed by atoms with E-state index in [0.717, 1.165) is 11.3 Å². The third-order valence-corrected chi connectivity index (χ3v) is 4.96. The number of rotatable bonds is 6. The average Bonchev–Trinajstić information content (AvgIpc) is 3.16. The van der Waals surface area contributed by atoms with E-state index < -0.39 is 0 Å². The number of para-hydroxylation sites is 1. The summed E-state index contributed by atoms with van der Waals surface area (Å²) < 4.78 is 15.0. The Bertz CT molecular complexity index is 1130. The summed E-state index contributed by atoms with van der Waals surface area (Å²) >= 11 is 1.44. The summed E-state index contributed by atoms with van der Waals surface area (Å²) in [6.07, 6.45) is 1.67. The minimum Gasteiger partial charge on any atom is -0.368 e. The molecule has 2 heterocycles. The Kier molecular flexibility index (Phi) is 5.34. The zero-order chi connectivity index (χ0) is 20.2. The van der Waals surface area contributed by atoms with Gasteiger partial charge in [-0.3, -0.25) is 4.57 Å². The molecule has 4 aromatic rings. The largest absolute Gasteiger partial charge is 0.368 e. The van der Waals surface area contributed by atoms with E-state index in [-0.39, 0.29) is 11.8 Å². The Morgan fingerprint density at radius 2 is 1.86 bits per heavy atom. The molecule has 0 aliphatic rings. The molecule has 8 nitrogen and oxygen atoms in total. The van der Waals surface area contributed by atoms with Gasteiger partial charge in [0.25, 0.3) is 0 Å². The minimum atomic E-state index is -0.319. The van der Waals surface area contributed by atoms with Crippen LogP contribution >= 0.6 is 11.8 Å². The van der Waals surface area contributed by atoms with Crippen LogP contribution in [0, 0.1) is 12.7 Å². The van der Waals surface area contributed by atoms with Crippen molar-refractivity contribution in [2.45, 2.75) is 17.8 Å². The van der Waals surface area contributed by atoms with Crippen LogP contribution in [0.2, 0.25) is 0 Å². The lowest BCUT2D eigenvalue weighted by Crippen LogP contribution is -2.07. The third-order valence-electron chi connectivity index (χ3n) is 4.02. The Hall–Kier alpha value is -3.53. The molecule has 0 spiro atoms. The first kappa shape index (κ1) is 18.8. The van der Waals surface area contributed by atoms with Crippen LogP contribution in [0.5, 0.6) is 0 Å². The van der Waals surface area contributed by atoms with Gasteiger partial charge in [-0.1, -0.05) is 30.0 Å². The van der Waals surface area contributed by atoms with Crippen molar-refractivity contribution < 1.29 is 4.39 Å². The molecular formula is C19H17FN8S. The predicted octanol–water partition coefficient (Wildman–Crippen LogP) is 3.52. The maximum atomic E-state index is 13.1. The Morgan fingerprint density at radius 1 is 1.07 bits per heavy atom. The van der Waals surface area contributed by atoms with E-state index >= 15 is 0 Å². The Labute approximate surface area is 170 Å². The number of anilines is 3. The van der Waals surface area contributed by atoms with Crippen molar-refractivity contribution in [3.05, 3.63) is 72.1 Å². The van der Waals surface area contributed by atoms with Gasteiger partial charge in [-0.05, 0) is 42.8 Å². The lowest BCUT2D eigenvalue weighted by Gasteiger charge is -2.09. The number of benzene rings is 2. The van der Waals surface area contributed by atoms with Gasteiger partial charge in [-0.2, -0.15) is 15.0 Å². The molecule has 0 amide bonds. The Balaban J connectivity index is 1.51. The number of hydrogen-bond donors (Lipinski definition) is 2. The van der Waals surface area contributed by atoms with Crippen LogP contribution in [-0.4, -0.2) is 29.7 Å². The molecule has 0 unspecified atom stereocenters. The van der Waals surface area contributed by atoms with E-state index in [2.05, 4.69) is 30.5 Å². The number of hydrogen-bond acceptors (Lipinski definition) is 8. The molecule has 146 valence electrons. The monoisotopic (exact) mass is 408 g/mol. The summed E-state index contributed by atoms with van der Waals surface area (Å²) in [7, 11) is 0. The standard InChI is InChI=1S/C19H17FN8S/c1-12-4-2-3-5-15(12)28-11-22-27-19(28)29-10-16-24-17(21)26-18(25-16)23-14-8-6-13(20)7-9-14/h2-9,11H,10H2,1H3,(H3,21,23,24,25,26). The molecule has 0 bridgehead atoms. The third kappa shape index (κ3) is 4.49. The van der Waals surface area contributed by atoms with Gasteiger partial charge in [0.1, 0.15) is 18.0 Å². The summed E-state index contributed by atoms with van der Waals surface area (Å²) in [6.45, 7) is 2.03. The number of nitrogens with two attached hydrogens (primary N) is 1. The van der Waals surface area contributed by atoms with Crippen LogP contribution in [0.4, 0.5) is 22.0 Å².